The minimum atomic E-state index is 0.189. The summed E-state index contributed by atoms with van der Waals surface area (Å²) in [5, 5.41) is 0. The molecule has 2 heterocycles. The highest BCUT2D eigenvalue weighted by molar-refractivity contribution is 5.26. The molecule has 96 valence electrons. The lowest BCUT2D eigenvalue weighted by Crippen LogP contribution is -2.17. The molecular weight excluding hydrogens is 226 g/mol. The molecule has 0 bridgehead atoms. The van der Waals surface area contributed by atoms with Crippen LogP contribution < -0.4 is 10.5 Å². The largest absolute Gasteiger partial charge is 0.481 e. The molecule has 2 aromatic rings. The monoisotopic (exact) mass is 245 g/mol. The molecule has 0 saturated heterocycles. The maximum absolute atomic E-state index is 5.79. The zero-order valence-electron chi connectivity index (χ0n) is 10.8. The number of aromatic nitrogens is 2. The summed E-state index contributed by atoms with van der Waals surface area (Å²) in [5.41, 5.74) is 8.12. The third kappa shape index (κ3) is 3.11. The van der Waals surface area contributed by atoms with Gasteiger partial charge in [-0.1, -0.05) is 6.07 Å². The van der Waals surface area contributed by atoms with Gasteiger partial charge in [0.15, 0.2) is 0 Å². The minimum Gasteiger partial charge on any atom is -0.481 e. The second-order valence-electron chi connectivity index (χ2n) is 4.55. The van der Waals surface area contributed by atoms with Crippen molar-refractivity contribution in [2.24, 2.45) is 5.73 Å². The lowest BCUT2D eigenvalue weighted by molar-refractivity contribution is 0.391. The molecule has 4 nitrogen and oxygen atoms in total. The van der Waals surface area contributed by atoms with Crippen LogP contribution in [0.25, 0.3) is 0 Å². The van der Waals surface area contributed by atoms with E-state index in [1.807, 2.05) is 19.1 Å². The summed E-state index contributed by atoms with van der Waals surface area (Å²) in [5.74, 6) is 0.681. The average Bonchev–Trinajstić information content (AvgIpc) is 2.76. The molecule has 0 amide bonds. The third-order valence-corrected chi connectivity index (χ3v) is 2.77. The first-order chi connectivity index (χ1) is 8.69. The van der Waals surface area contributed by atoms with E-state index >= 15 is 0 Å². The van der Waals surface area contributed by atoms with Gasteiger partial charge in [0.1, 0.15) is 0 Å². The van der Waals surface area contributed by atoms with Crippen molar-refractivity contribution < 1.29 is 4.74 Å². The number of pyridine rings is 1. The van der Waals surface area contributed by atoms with Crippen LogP contribution in [0.3, 0.4) is 0 Å². The smallest absolute Gasteiger partial charge is 0.218 e. The van der Waals surface area contributed by atoms with Gasteiger partial charge in [-0.15, -0.1) is 0 Å². The van der Waals surface area contributed by atoms with Gasteiger partial charge in [-0.05, 0) is 31.0 Å². The Morgan fingerprint density at radius 1 is 1.44 bits per heavy atom. The predicted octanol–water partition coefficient (Wildman–Crippen LogP) is 1.83. The maximum atomic E-state index is 5.79. The summed E-state index contributed by atoms with van der Waals surface area (Å²) < 4.78 is 7.37. The van der Waals surface area contributed by atoms with Crippen molar-refractivity contribution in [3.05, 3.63) is 47.9 Å². The Labute approximate surface area is 107 Å². The van der Waals surface area contributed by atoms with Crippen molar-refractivity contribution in [1.82, 2.24) is 9.55 Å². The molecule has 4 heteroatoms. The molecule has 0 saturated carbocycles. The first-order valence-electron chi connectivity index (χ1n) is 6.07. The van der Waals surface area contributed by atoms with Crippen molar-refractivity contribution in [2.75, 3.05) is 7.11 Å². The molecule has 0 radical (unpaired) electrons. The predicted molar refractivity (Wildman–Crippen MR) is 71.7 cm³/mol. The number of hydrogen-bond donors (Lipinski definition) is 1. The van der Waals surface area contributed by atoms with Crippen LogP contribution >= 0.6 is 0 Å². The van der Waals surface area contributed by atoms with E-state index in [2.05, 4.69) is 28.0 Å². The zero-order valence-corrected chi connectivity index (χ0v) is 10.8. The number of hydrogen-bond acceptors (Lipinski definition) is 3. The van der Waals surface area contributed by atoms with E-state index in [1.165, 1.54) is 5.56 Å². The maximum Gasteiger partial charge on any atom is 0.218 e. The Kier molecular flexibility index (Phi) is 3.99. The van der Waals surface area contributed by atoms with Gasteiger partial charge in [0, 0.05) is 30.2 Å². The molecule has 0 aromatic carbocycles. The summed E-state index contributed by atoms with van der Waals surface area (Å²) in [6, 6.07) is 6.24. The Morgan fingerprint density at radius 2 is 2.28 bits per heavy atom. The highest BCUT2D eigenvalue weighted by Gasteiger charge is 2.05. The minimum absolute atomic E-state index is 0.189. The van der Waals surface area contributed by atoms with Crippen LogP contribution in [0.4, 0.5) is 0 Å². The molecule has 0 spiro atoms. The van der Waals surface area contributed by atoms with E-state index in [-0.39, 0.29) is 6.04 Å². The van der Waals surface area contributed by atoms with Crippen LogP contribution in [0.5, 0.6) is 5.88 Å². The highest BCUT2D eigenvalue weighted by atomic mass is 16.5. The quantitative estimate of drug-likeness (QED) is 0.874. The van der Waals surface area contributed by atoms with Gasteiger partial charge in [-0.25, -0.2) is 4.98 Å². The summed E-state index contributed by atoms with van der Waals surface area (Å²) in [6.45, 7) is 2.78. The Hall–Kier alpha value is -1.81. The summed E-state index contributed by atoms with van der Waals surface area (Å²) >= 11 is 0. The van der Waals surface area contributed by atoms with E-state index in [1.54, 1.807) is 13.3 Å². The van der Waals surface area contributed by atoms with Gasteiger partial charge in [0.2, 0.25) is 5.88 Å². The molecule has 2 aromatic heterocycles. The van der Waals surface area contributed by atoms with Crippen molar-refractivity contribution in [3.63, 3.8) is 0 Å². The number of nitrogens with two attached hydrogens (primary N) is 1. The highest BCUT2D eigenvalue weighted by Crippen LogP contribution is 2.16. The second-order valence-corrected chi connectivity index (χ2v) is 4.55. The fraction of sp³-hybridized carbons (Fsp3) is 0.357. The third-order valence-electron chi connectivity index (χ3n) is 2.77. The Bertz CT molecular complexity index is 505. The second kappa shape index (κ2) is 5.69. The van der Waals surface area contributed by atoms with E-state index in [4.69, 9.17) is 10.5 Å². The molecule has 2 N–H and O–H groups in total. The van der Waals surface area contributed by atoms with Crippen LogP contribution in [0.2, 0.25) is 0 Å². The van der Waals surface area contributed by atoms with Gasteiger partial charge in [-0.2, -0.15) is 0 Å². The Morgan fingerprint density at radius 3 is 3.00 bits per heavy atom. The number of nitrogens with zero attached hydrogens (tertiary/aromatic N) is 2. The van der Waals surface area contributed by atoms with Crippen LogP contribution in [0, 0.1) is 0 Å². The molecule has 0 aliphatic carbocycles. The van der Waals surface area contributed by atoms with Gasteiger partial charge < -0.3 is 15.0 Å². The lowest BCUT2D eigenvalue weighted by Gasteiger charge is -2.07. The fourth-order valence-electron chi connectivity index (χ4n) is 2.01. The molecule has 1 unspecified atom stereocenters. The summed E-state index contributed by atoms with van der Waals surface area (Å²) in [7, 11) is 1.64. The van der Waals surface area contributed by atoms with Crippen LogP contribution in [-0.4, -0.2) is 22.7 Å². The SMILES string of the molecule is COc1ncccc1Cn1ccc(CC(C)N)c1. The van der Waals surface area contributed by atoms with E-state index in [0.717, 1.165) is 18.5 Å². The van der Waals surface area contributed by atoms with Crippen LogP contribution in [-0.2, 0) is 13.0 Å². The fourth-order valence-corrected chi connectivity index (χ4v) is 2.01. The average molecular weight is 245 g/mol. The van der Waals surface area contributed by atoms with Gasteiger partial charge >= 0.3 is 0 Å². The number of ether oxygens (including phenoxy) is 1. The van der Waals surface area contributed by atoms with Crippen LogP contribution in [0.15, 0.2) is 36.8 Å². The van der Waals surface area contributed by atoms with Gasteiger partial charge in [0.25, 0.3) is 0 Å². The van der Waals surface area contributed by atoms with E-state index < -0.39 is 0 Å². The molecule has 0 aliphatic heterocycles. The van der Waals surface area contributed by atoms with Crippen molar-refractivity contribution in [2.45, 2.75) is 25.9 Å². The molecule has 0 fully saturated rings. The lowest BCUT2D eigenvalue weighted by atomic mass is 10.1. The van der Waals surface area contributed by atoms with Crippen molar-refractivity contribution >= 4 is 0 Å². The molecule has 2 rings (SSSR count). The van der Waals surface area contributed by atoms with Gasteiger partial charge in [0.05, 0.1) is 13.7 Å². The number of methoxy groups -OCH3 is 1. The summed E-state index contributed by atoms with van der Waals surface area (Å²) in [4.78, 5) is 4.19. The first-order valence-corrected chi connectivity index (χ1v) is 6.07. The van der Waals surface area contributed by atoms with Crippen molar-refractivity contribution in [3.8, 4) is 5.88 Å². The van der Waals surface area contributed by atoms with E-state index in [9.17, 15) is 0 Å². The van der Waals surface area contributed by atoms with Gasteiger partial charge in [-0.3, -0.25) is 0 Å². The molecule has 18 heavy (non-hydrogen) atoms. The topological polar surface area (TPSA) is 53.1 Å². The normalized spacial score (nSPS) is 12.4. The van der Waals surface area contributed by atoms with Crippen molar-refractivity contribution in [1.29, 1.82) is 0 Å². The van der Waals surface area contributed by atoms with Crippen LogP contribution in [0.1, 0.15) is 18.1 Å². The van der Waals surface area contributed by atoms with E-state index in [0.29, 0.717) is 5.88 Å². The zero-order chi connectivity index (χ0) is 13.0. The first kappa shape index (κ1) is 12.6. The summed E-state index contributed by atoms with van der Waals surface area (Å²) in [6.07, 6.45) is 6.82. The number of rotatable bonds is 5. The standard InChI is InChI=1S/C14H19N3O/c1-11(15)8-12-5-7-17(9-12)10-13-4-3-6-16-14(13)18-2/h3-7,9,11H,8,10,15H2,1-2H3. The Balaban J connectivity index is 2.11. The molecular formula is C14H19N3O. The molecule has 0 aliphatic rings. The molecule has 1 atom stereocenters.